The molecule has 0 radical (unpaired) electrons. The molecule has 0 aromatic heterocycles. The molecule has 4 aliphatic rings. The fourth-order valence-corrected chi connectivity index (χ4v) is 8.79. The first kappa shape index (κ1) is 27.6. The van der Waals surface area contributed by atoms with E-state index in [-0.39, 0.29) is 29.6 Å². The molecule has 2 saturated heterocycles. The van der Waals surface area contributed by atoms with Gasteiger partial charge in [0.05, 0.1) is 23.7 Å². The number of likely N-dealkylation sites (tertiary alicyclic amines) is 1. The number of aliphatic hydroxyl groups excluding tert-OH is 1. The highest BCUT2D eigenvalue weighted by molar-refractivity contribution is 8.02. The molecule has 41 heavy (non-hydrogen) atoms. The van der Waals surface area contributed by atoms with Crippen molar-refractivity contribution in [3.05, 3.63) is 78.9 Å². The second-order valence-electron chi connectivity index (χ2n) is 10.9. The van der Waals surface area contributed by atoms with E-state index in [9.17, 15) is 19.5 Å². The Labute approximate surface area is 244 Å². The summed E-state index contributed by atoms with van der Waals surface area (Å²) in [5.74, 6) is -0.890. The zero-order valence-corrected chi connectivity index (χ0v) is 23.9. The Hall–Kier alpha value is -3.56. The van der Waals surface area contributed by atoms with Crippen LogP contribution in [-0.2, 0) is 14.4 Å². The summed E-state index contributed by atoms with van der Waals surface area (Å²) in [5.41, 5.74) is 1.53. The number of hydrogen-bond acceptors (Lipinski definition) is 6. The highest BCUT2D eigenvalue weighted by Gasteiger charge is 2.71. The van der Waals surface area contributed by atoms with E-state index in [4.69, 9.17) is 4.74 Å². The number of rotatable bonds is 8. The monoisotopic (exact) mass is 573 g/mol. The van der Waals surface area contributed by atoms with Crippen molar-refractivity contribution >= 4 is 40.9 Å². The van der Waals surface area contributed by atoms with Gasteiger partial charge in [0.15, 0.2) is 0 Å². The van der Waals surface area contributed by atoms with Crippen molar-refractivity contribution in [1.29, 1.82) is 0 Å². The van der Waals surface area contributed by atoms with Crippen molar-refractivity contribution in [2.45, 2.75) is 35.3 Å². The van der Waals surface area contributed by atoms with Crippen molar-refractivity contribution < 1.29 is 24.2 Å². The molecular weight excluding hydrogens is 538 g/mol. The molecule has 4 aliphatic heterocycles. The number of carbonyl (C=O) groups excluding carboxylic acids is 3. The number of amides is 3. The van der Waals surface area contributed by atoms with Gasteiger partial charge in [-0.3, -0.25) is 14.4 Å². The topological polar surface area (TPSA) is 90.4 Å². The predicted octanol–water partition coefficient (Wildman–Crippen LogP) is 3.66. The quantitative estimate of drug-likeness (QED) is 0.383. The summed E-state index contributed by atoms with van der Waals surface area (Å²) in [6.07, 6.45) is 10.2. The lowest BCUT2D eigenvalue weighted by Crippen LogP contribution is -2.53. The third kappa shape index (κ3) is 4.65. The number of methoxy groups -OCH3 is 1. The standard InChI is InChI=1S/C32H35N3O5S/c1-40-24-15-13-23(14-16-24)34-20-9-17-32-27(30(38)35(28(32)31(34)39)18-6-3-7-21-36)26-25(41-32)12-8-19-33(29(26)37)22-10-4-2-5-11-22/h2,4-5,8-17,25-28,36H,3,6-7,18-21H2,1H3/t25-,26+,27-,28?,32-/m0/s1. The number of thioether (sulfide) groups is 1. The van der Waals surface area contributed by atoms with Crippen LogP contribution in [0.2, 0.25) is 0 Å². The van der Waals surface area contributed by atoms with Crippen LogP contribution in [0.25, 0.3) is 0 Å². The molecule has 1 unspecified atom stereocenters. The van der Waals surface area contributed by atoms with E-state index < -0.39 is 22.6 Å². The molecule has 0 bridgehead atoms. The number of nitrogens with zero attached hydrogens (tertiary/aromatic N) is 3. The van der Waals surface area contributed by atoms with Gasteiger partial charge in [0.2, 0.25) is 11.8 Å². The Balaban J connectivity index is 1.40. The van der Waals surface area contributed by atoms with E-state index in [0.717, 1.165) is 17.8 Å². The SMILES string of the molecule is COc1ccc(N2CC=C[C@]34S[C@H]5C=CCN(c6ccccc6)C(=O)[C@H]5[C@H]3C(=O)N(CCCCCO)C4C2=O)cc1. The third-order valence-corrected chi connectivity index (χ3v) is 10.4. The van der Waals surface area contributed by atoms with Crippen LogP contribution in [0.15, 0.2) is 78.9 Å². The van der Waals surface area contributed by atoms with Gasteiger partial charge in [-0.05, 0) is 55.7 Å². The average molecular weight is 574 g/mol. The molecule has 3 amide bonds. The van der Waals surface area contributed by atoms with Gasteiger partial charge in [-0.15, -0.1) is 11.8 Å². The maximum Gasteiger partial charge on any atom is 0.251 e. The van der Waals surface area contributed by atoms with Crippen LogP contribution in [0.5, 0.6) is 5.75 Å². The summed E-state index contributed by atoms with van der Waals surface area (Å²) in [7, 11) is 1.60. The number of carbonyl (C=O) groups is 3. The van der Waals surface area contributed by atoms with E-state index in [1.165, 1.54) is 0 Å². The van der Waals surface area contributed by atoms with Gasteiger partial charge >= 0.3 is 0 Å². The summed E-state index contributed by atoms with van der Waals surface area (Å²) in [6, 6.07) is 16.2. The molecular formula is C32H35N3O5S. The largest absolute Gasteiger partial charge is 0.497 e. The van der Waals surface area contributed by atoms with Gasteiger partial charge < -0.3 is 24.5 Å². The molecule has 2 aromatic rings. The molecule has 1 N–H and O–H groups in total. The Morgan fingerprint density at radius 3 is 2.32 bits per heavy atom. The third-order valence-electron chi connectivity index (χ3n) is 8.67. The van der Waals surface area contributed by atoms with Crippen LogP contribution in [0.4, 0.5) is 11.4 Å². The Morgan fingerprint density at radius 1 is 0.878 bits per heavy atom. The Kier molecular flexibility index (Phi) is 7.66. The van der Waals surface area contributed by atoms with Crippen LogP contribution >= 0.6 is 11.8 Å². The summed E-state index contributed by atoms with van der Waals surface area (Å²) >= 11 is 1.59. The minimum absolute atomic E-state index is 0.0769. The van der Waals surface area contributed by atoms with Crippen molar-refractivity contribution in [2.24, 2.45) is 11.8 Å². The molecule has 2 aromatic carbocycles. The van der Waals surface area contributed by atoms with E-state index in [1.54, 1.807) is 33.6 Å². The van der Waals surface area contributed by atoms with Crippen LogP contribution in [0, 0.1) is 11.8 Å². The van der Waals surface area contributed by atoms with Crippen molar-refractivity contribution in [3.63, 3.8) is 0 Å². The smallest absolute Gasteiger partial charge is 0.251 e. The lowest BCUT2D eigenvalue weighted by molar-refractivity contribution is -0.138. The molecule has 9 heteroatoms. The van der Waals surface area contributed by atoms with Gasteiger partial charge in [0.25, 0.3) is 5.91 Å². The lowest BCUT2D eigenvalue weighted by atomic mass is 9.78. The molecule has 0 aliphatic carbocycles. The van der Waals surface area contributed by atoms with Gasteiger partial charge in [0, 0.05) is 42.9 Å². The summed E-state index contributed by atoms with van der Waals surface area (Å²) in [5, 5.41) is 9.08. The van der Waals surface area contributed by atoms with Crippen LogP contribution in [0.1, 0.15) is 19.3 Å². The molecule has 4 heterocycles. The molecule has 2 fully saturated rings. The number of para-hydroxylation sites is 1. The molecule has 1 spiro atoms. The van der Waals surface area contributed by atoms with Crippen LogP contribution < -0.4 is 14.5 Å². The molecule has 5 atom stereocenters. The van der Waals surface area contributed by atoms with E-state index >= 15 is 0 Å². The first-order chi connectivity index (χ1) is 20.0. The highest BCUT2D eigenvalue weighted by atomic mass is 32.2. The second kappa shape index (κ2) is 11.4. The van der Waals surface area contributed by atoms with Gasteiger partial charge in [-0.1, -0.05) is 42.5 Å². The Bertz CT molecular complexity index is 1360. The minimum Gasteiger partial charge on any atom is -0.497 e. The predicted molar refractivity (Wildman–Crippen MR) is 160 cm³/mol. The molecule has 0 saturated carbocycles. The fraction of sp³-hybridized carbons (Fsp3) is 0.406. The van der Waals surface area contributed by atoms with Crippen LogP contribution in [0.3, 0.4) is 0 Å². The van der Waals surface area contributed by atoms with Crippen molar-refractivity contribution in [1.82, 2.24) is 4.90 Å². The van der Waals surface area contributed by atoms with E-state index in [2.05, 4.69) is 6.08 Å². The van der Waals surface area contributed by atoms with E-state index in [1.807, 2.05) is 72.8 Å². The van der Waals surface area contributed by atoms with Crippen molar-refractivity contribution in [2.75, 3.05) is 43.2 Å². The minimum atomic E-state index is -0.860. The summed E-state index contributed by atoms with van der Waals surface area (Å²) in [4.78, 5) is 48.4. The number of aliphatic hydroxyl groups is 1. The fourth-order valence-electron chi connectivity index (χ4n) is 6.78. The number of ether oxygens (including phenoxy) is 1. The molecule has 214 valence electrons. The highest BCUT2D eigenvalue weighted by Crippen LogP contribution is 2.61. The van der Waals surface area contributed by atoms with Crippen LogP contribution in [-0.4, -0.2) is 77.1 Å². The number of unbranched alkanes of at least 4 members (excludes halogenated alkanes) is 2. The number of fused-ring (bicyclic) bond motifs is 2. The second-order valence-corrected chi connectivity index (χ2v) is 12.4. The maximum absolute atomic E-state index is 14.5. The normalized spacial score (nSPS) is 28.8. The molecule has 6 rings (SSSR count). The Morgan fingerprint density at radius 2 is 1.59 bits per heavy atom. The number of hydrogen-bond donors (Lipinski definition) is 1. The molecule has 8 nitrogen and oxygen atoms in total. The number of anilines is 2. The lowest BCUT2D eigenvalue weighted by Gasteiger charge is -2.35. The van der Waals surface area contributed by atoms with Gasteiger partial charge in [-0.2, -0.15) is 0 Å². The van der Waals surface area contributed by atoms with Crippen molar-refractivity contribution in [3.8, 4) is 5.75 Å². The van der Waals surface area contributed by atoms with Gasteiger partial charge in [0.1, 0.15) is 11.8 Å². The zero-order valence-electron chi connectivity index (χ0n) is 23.1. The number of benzene rings is 2. The summed E-state index contributed by atoms with van der Waals surface area (Å²) < 4.78 is 4.45. The maximum atomic E-state index is 14.5. The first-order valence-electron chi connectivity index (χ1n) is 14.3. The zero-order chi connectivity index (χ0) is 28.6. The average Bonchev–Trinajstić information content (AvgIpc) is 3.30. The van der Waals surface area contributed by atoms with E-state index in [0.29, 0.717) is 38.2 Å². The first-order valence-corrected chi connectivity index (χ1v) is 15.1. The van der Waals surface area contributed by atoms with Gasteiger partial charge in [-0.25, -0.2) is 0 Å². The summed E-state index contributed by atoms with van der Waals surface area (Å²) in [6.45, 7) is 1.31.